The lowest BCUT2D eigenvalue weighted by molar-refractivity contribution is 0.342. The second-order valence-corrected chi connectivity index (χ2v) is 11.5. The van der Waals surface area contributed by atoms with Crippen molar-refractivity contribution in [3.8, 4) is 5.75 Å². The van der Waals surface area contributed by atoms with Gasteiger partial charge < -0.3 is 4.74 Å². The molecule has 1 nitrogen and oxygen atoms in total. The highest BCUT2D eigenvalue weighted by atomic mass is 31.2. The third kappa shape index (κ3) is 5.38. The van der Waals surface area contributed by atoms with Crippen LogP contribution in [0.4, 0.5) is 0 Å². The molecule has 4 aromatic carbocycles. The molecule has 0 aliphatic rings. The SMILES string of the molecule is c1ccc(C[P+](CCOc2ccccc2)(Cc2ccccc2)c2ccccc2)cc1. The van der Waals surface area contributed by atoms with Gasteiger partial charge in [0.15, 0.2) is 0 Å². The fraction of sp³-hybridized carbons (Fsp3) is 0.143. The standard InChI is InChI=1S/C28H28OP/c1-5-13-25(14-6-1)23-30(28-19-11-4-12-20-28,24-26-15-7-2-8-16-26)22-21-29-27-17-9-3-10-18-27/h1-20H,21-24H2/q+1. The molecule has 0 radical (unpaired) electrons. The smallest absolute Gasteiger partial charge is 0.122 e. The Bertz CT molecular complexity index is 960. The molecule has 0 atom stereocenters. The van der Waals surface area contributed by atoms with Crippen LogP contribution in [0, 0.1) is 0 Å². The number of hydrogen-bond donors (Lipinski definition) is 0. The Morgan fingerprint density at radius 1 is 0.500 bits per heavy atom. The first-order chi connectivity index (χ1) is 14.8. The number of ether oxygens (including phenoxy) is 1. The molecule has 0 bridgehead atoms. The molecule has 0 unspecified atom stereocenters. The highest BCUT2D eigenvalue weighted by Gasteiger charge is 2.40. The average molecular weight is 412 g/mol. The summed E-state index contributed by atoms with van der Waals surface area (Å²) in [6, 6.07) is 43.1. The first-order valence-electron chi connectivity index (χ1n) is 10.5. The maximum absolute atomic E-state index is 6.19. The fourth-order valence-electron chi connectivity index (χ4n) is 3.99. The van der Waals surface area contributed by atoms with Crippen molar-refractivity contribution in [2.75, 3.05) is 12.8 Å². The largest absolute Gasteiger partial charge is 0.490 e. The van der Waals surface area contributed by atoms with Crippen LogP contribution in [0.3, 0.4) is 0 Å². The Morgan fingerprint density at radius 2 is 0.933 bits per heavy atom. The number of benzene rings is 4. The zero-order chi connectivity index (χ0) is 20.5. The van der Waals surface area contributed by atoms with E-state index in [0.29, 0.717) is 0 Å². The zero-order valence-electron chi connectivity index (χ0n) is 17.2. The van der Waals surface area contributed by atoms with Crippen LogP contribution < -0.4 is 10.0 Å². The van der Waals surface area contributed by atoms with E-state index in [4.69, 9.17) is 4.74 Å². The van der Waals surface area contributed by atoms with Crippen molar-refractivity contribution in [2.45, 2.75) is 12.3 Å². The summed E-state index contributed by atoms with van der Waals surface area (Å²) in [6.45, 7) is 0.729. The van der Waals surface area contributed by atoms with Crippen LogP contribution in [-0.4, -0.2) is 12.8 Å². The molecule has 150 valence electrons. The molecule has 0 N–H and O–H groups in total. The van der Waals surface area contributed by atoms with E-state index in [1.54, 1.807) is 0 Å². The predicted octanol–water partition coefficient (Wildman–Crippen LogP) is 6.81. The van der Waals surface area contributed by atoms with Crippen molar-refractivity contribution < 1.29 is 4.74 Å². The highest BCUT2D eigenvalue weighted by molar-refractivity contribution is 7.81. The van der Waals surface area contributed by atoms with Crippen molar-refractivity contribution in [2.24, 2.45) is 0 Å². The minimum Gasteiger partial charge on any atom is -0.490 e. The normalized spacial score (nSPS) is 11.2. The third-order valence-corrected chi connectivity index (χ3v) is 9.86. The summed E-state index contributed by atoms with van der Waals surface area (Å²) in [4.78, 5) is 0. The Balaban J connectivity index is 1.67. The van der Waals surface area contributed by atoms with Crippen LogP contribution in [0.25, 0.3) is 0 Å². The molecule has 0 saturated heterocycles. The van der Waals surface area contributed by atoms with E-state index in [1.807, 2.05) is 30.3 Å². The summed E-state index contributed by atoms with van der Waals surface area (Å²) < 4.78 is 6.19. The van der Waals surface area contributed by atoms with Gasteiger partial charge in [-0.1, -0.05) is 97.1 Å². The van der Waals surface area contributed by atoms with E-state index >= 15 is 0 Å². The van der Waals surface area contributed by atoms with Gasteiger partial charge in [-0.3, -0.25) is 0 Å². The molecular formula is C28H28OP+. The lowest BCUT2D eigenvalue weighted by atomic mass is 10.2. The van der Waals surface area contributed by atoms with Crippen LogP contribution in [0.15, 0.2) is 121 Å². The molecule has 0 aliphatic heterocycles. The summed E-state index contributed by atoms with van der Waals surface area (Å²) in [7, 11) is -1.55. The molecule has 0 amide bonds. The van der Waals surface area contributed by atoms with E-state index in [-0.39, 0.29) is 0 Å². The first kappa shape index (κ1) is 20.4. The Morgan fingerprint density at radius 3 is 1.43 bits per heavy atom. The topological polar surface area (TPSA) is 9.23 Å². The molecule has 4 aromatic rings. The summed E-state index contributed by atoms with van der Waals surface area (Å²) >= 11 is 0. The quantitative estimate of drug-likeness (QED) is 0.275. The first-order valence-corrected chi connectivity index (χ1v) is 12.9. The van der Waals surface area contributed by atoms with Crippen LogP contribution in [0.2, 0.25) is 0 Å². The van der Waals surface area contributed by atoms with Gasteiger partial charge in [0, 0.05) is 0 Å². The Kier molecular flexibility index (Phi) is 6.95. The minimum atomic E-state index is -1.55. The van der Waals surface area contributed by atoms with Crippen LogP contribution >= 0.6 is 7.26 Å². The molecule has 4 rings (SSSR count). The van der Waals surface area contributed by atoms with Crippen molar-refractivity contribution in [3.05, 3.63) is 132 Å². The monoisotopic (exact) mass is 411 g/mol. The summed E-state index contributed by atoms with van der Waals surface area (Å²) in [6.07, 6.45) is 3.23. The fourth-order valence-corrected chi connectivity index (χ4v) is 8.11. The van der Waals surface area contributed by atoms with E-state index in [9.17, 15) is 0 Å². The molecule has 0 aliphatic carbocycles. The van der Waals surface area contributed by atoms with Crippen molar-refractivity contribution in [3.63, 3.8) is 0 Å². The maximum atomic E-state index is 6.19. The van der Waals surface area contributed by atoms with Gasteiger partial charge in [-0.15, -0.1) is 0 Å². The maximum Gasteiger partial charge on any atom is 0.122 e. The van der Waals surface area contributed by atoms with Gasteiger partial charge in [0.05, 0.1) is 31.1 Å². The predicted molar refractivity (Wildman–Crippen MR) is 130 cm³/mol. The number of rotatable bonds is 9. The van der Waals surface area contributed by atoms with Crippen molar-refractivity contribution in [1.82, 2.24) is 0 Å². The van der Waals surface area contributed by atoms with Gasteiger partial charge >= 0.3 is 0 Å². The van der Waals surface area contributed by atoms with Crippen LogP contribution in [0.5, 0.6) is 5.75 Å². The Hall–Kier alpha value is -2.89. The second kappa shape index (κ2) is 10.2. The zero-order valence-corrected chi connectivity index (χ0v) is 18.1. The van der Waals surface area contributed by atoms with Crippen molar-refractivity contribution in [1.29, 1.82) is 0 Å². The van der Waals surface area contributed by atoms with Crippen LogP contribution in [-0.2, 0) is 12.3 Å². The van der Waals surface area contributed by atoms with Gasteiger partial charge in [-0.25, -0.2) is 0 Å². The van der Waals surface area contributed by atoms with Crippen LogP contribution in [0.1, 0.15) is 11.1 Å². The summed E-state index contributed by atoms with van der Waals surface area (Å²) in [5, 5.41) is 1.48. The second-order valence-electron chi connectivity index (χ2n) is 7.65. The lowest BCUT2D eigenvalue weighted by Gasteiger charge is -2.28. The Labute approximate surface area is 180 Å². The van der Waals surface area contributed by atoms with Gasteiger partial charge in [0.1, 0.15) is 12.4 Å². The molecule has 0 fully saturated rings. The molecule has 0 heterocycles. The lowest BCUT2D eigenvalue weighted by Crippen LogP contribution is -2.22. The van der Waals surface area contributed by atoms with Gasteiger partial charge in [-0.05, 0) is 35.4 Å². The number of hydrogen-bond acceptors (Lipinski definition) is 1. The van der Waals surface area contributed by atoms with Gasteiger partial charge in [-0.2, -0.15) is 0 Å². The van der Waals surface area contributed by atoms with Gasteiger partial charge in [0.2, 0.25) is 0 Å². The van der Waals surface area contributed by atoms with Gasteiger partial charge in [0.25, 0.3) is 0 Å². The summed E-state index contributed by atoms with van der Waals surface area (Å²) in [5.74, 6) is 0.947. The summed E-state index contributed by atoms with van der Waals surface area (Å²) in [5.41, 5.74) is 2.82. The molecule has 2 heteroatoms. The molecule has 0 saturated carbocycles. The minimum absolute atomic E-state index is 0.729. The molecular weight excluding hydrogens is 383 g/mol. The van der Waals surface area contributed by atoms with E-state index in [2.05, 4.69) is 91.0 Å². The van der Waals surface area contributed by atoms with Crippen molar-refractivity contribution >= 4 is 12.6 Å². The molecule has 0 spiro atoms. The van der Waals surface area contributed by atoms with E-state index in [0.717, 1.165) is 30.8 Å². The number of para-hydroxylation sites is 1. The highest BCUT2D eigenvalue weighted by Crippen LogP contribution is 2.62. The molecule has 0 aromatic heterocycles. The van der Waals surface area contributed by atoms with E-state index < -0.39 is 7.26 Å². The third-order valence-electron chi connectivity index (χ3n) is 5.49. The van der Waals surface area contributed by atoms with E-state index in [1.165, 1.54) is 16.4 Å². The molecule has 30 heavy (non-hydrogen) atoms. The average Bonchev–Trinajstić information content (AvgIpc) is 2.82.